The van der Waals surface area contributed by atoms with E-state index in [2.05, 4.69) is 53.6 Å². The van der Waals surface area contributed by atoms with E-state index in [1.54, 1.807) is 15.6 Å². The van der Waals surface area contributed by atoms with Gasteiger partial charge >= 0.3 is 205 Å². The Balaban J connectivity index is 1.49. The molecule has 0 aliphatic carbocycles. The summed E-state index contributed by atoms with van der Waals surface area (Å²) in [6, 6.07) is 9.44. The molecule has 3 aromatic heterocycles. The number of halogens is 2. The third kappa shape index (κ3) is 5.13. The summed E-state index contributed by atoms with van der Waals surface area (Å²) < 4.78 is 29.9. The van der Waals surface area contributed by atoms with Crippen molar-refractivity contribution in [3.8, 4) is 11.1 Å². The number of hydrogen-bond donors (Lipinski definition) is 2. The van der Waals surface area contributed by atoms with Crippen LogP contribution < -0.4 is 9.80 Å². The number of anilines is 2. The van der Waals surface area contributed by atoms with Gasteiger partial charge in [0.25, 0.3) is 0 Å². The molecule has 2 radical (unpaired) electrons. The summed E-state index contributed by atoms with van der Waals surface area (Å²) >= 11 is 1.57. The van der Waals surface area contributed by atoms with Crippen LogP contribution in [-0.2, 0) is 0 Å². The van der Waals surface area contributed by atoms with Gasteiger partial charge in [0.05, 0.1) is 0 Å². The van der Waals surface area contributed by atoms with Gasteiger partial charge < -0.3 is 0 Å². The fraction of sp³-hybridized carbons (Fsp3) is 0.200. The minimum atomic E-state index is -0.864. The first-order valence-corrected chi connectivity index (χ1v) is 17.4. The van der Waals surface area contributed by atoms with E-state index in [4.69, 9.17) is 0 Å². The van der Waals surface area contributed by atoms with Gasteiger partial charge in [-0.05, 0) is 0 Å². The van der Waals surface area contributed by atoms with Crippen molar-refractivity contribution in [1.29, 1.82) is 0 Å². The monoisotopic (exact) mass is 625 g/mol. The van der Waals surface area contributed by atoms with Gasteiger partial charge in [-0.15, -0.1) is 0 Å². The second-order valence-corrected chi connectivity index (χ2v) is 15.3. The summed E-state index contributed by atoms with van der Waals surface area (Å²) in [7, 11) is 1.83. The van der Waals surface area contributed by atoms with Crippen LogP contribution in [0.15, 0.2) is 48.9 Å². The number of carbonyl (C=O) groups is 1. The van der Waals surface area contributed by atoms with Gasteiger partial charge in [0.15, 0.2) is 0 Å². The summed E-state index contributed by atoms with van der Waals surface area (Å²) in [4.78, 5) is 26.6. The van der Waals surface area contributed by atoms with Crippen molar-refractivity contribution in [2.75, 3.05) is 18.9 Å². The van der Waals surface area contributed by atoms with E-state index in [1.807, 2.05) is 31.3 Å². The van der Waals surface area contributed by atoms with E-state index in [0.717, 1.165) is 27.9 Å². The molecule has 1 amide bonds. The first-order valence-electron chi connectivity index (χ1n) is 11.4. The van der Waals surface area contributed by atoms with Gasteiger partial charge in [-0.3, -0.25) is 0 Å². The molecule has 0 fully saturated rings. The number of hydrogen-bond acceptors (Lipinski definition) is 5. The molecule has 0 saturated heterocycles. The summed E-state index contributed by atoms with van der Waals surface area (Å²) in [6.07, 6.45) is 3.21. The molecule has 2 aromatic carbocycles. The van der Waals surface area contributed by atoms with Gasteiger partial charge in [0.1, 0.15) is 5.82 Å². The summed E-state index contributed by atoms with van der Waals surface area (Å²) in [5.74, 6) is -1.19. The standard InChI is InChI=1S/C25H23As2F2N7O/c1-27(2)8-9-35(3)24(37)17-12-36-22(23(26)30-13-31-36)20(17)14-4-6-16(7-5-14)32-25-33-19-11-15(28)10-18(29)21(19)34-25/h4-7,10-13H,8-9H2,1-3H3,(H2,32,33,34). The molecule has 0 spiro atoms. The van der Waals surface area contributed by atoms with E-state index in [1.165, 1.54) is 12.4 Å². The predicted molar refractivity (Wildman–Crippen MR) is 142 cm³/mol. The summed E-state index contributed by atoms with van der Waals surface area (Å²) in [5.41, 5.74) is 8.42. The van der Waals surface area contributed by atoms with Crippen molar-refractivity contribution in [2.24, 2.45) is 0 Å². The van der Waals surface area contributed by atoms with Gasteiger partial charge in [0, 0.05) is 6.07 Å². The van der Waals surface area contributed by atoms with Gasteiger partial charge in [0.2, 0.25) is 0 Å². The molecule has 12 heteroatoms. The molecular formula is C25H23As2F2N7O. The number of aromatic nitrogens is 5. The van der Waals surface area contributed by atoms with Crippen LogP contribution in [0.5, 0.6) is 0 Å². The zero-order valence-corrected chi connectivity index (χ0v) is 24.1. The number of benzene rings is 2. The molecule has 0 atom stereocenters. The number of nitrogens with one attached hydrogen (secondary N) is 2. The molecule has 0 bridgehead atoms. The maximum atomic E-state index is 14.0. The number of carbonyl (C=O) groups excluding carboxylic acids is 1. The Kier molecular flexibility index (Phi) is 7.06. The molecular weight excluding hydrogens is 602 g/mol. The predicted octanol–water partition coefficient (Wildman–Crippen LogP) is 3.91. The van der Waals surface area contributed by atoms with Gasteiger partial charge in [-0.1, -0.05) is 0 Å². The molecule has 188 valence electrons. The SMILES string of the molecule is CN(CC[As](C)C)C(=O)c1cn2ncnc([As])c2c1-c1ccc(Nc2nc3c(F)cc(F)cc3[nH]2)cc1. The second kappa shape index (κ2) is 10.3. The van der Waals surface area contributed by atoms with Crippen LogP contribution in [0.1, 0.15) is 10.4 Å². The average Bonchev–Trinajstić information content (AvgIpc) is 3.45. The number of nitrogens with zero attached hydrogens (tertiary/aromatic N) is 5. The Bertz CT molecular complexity index is 1620. The Morgan fingerprint density at radius 3 is 2.70 bits per heavy atom. The van der Waals surface area contributed by atoms with E-state index in [9.17, 15) is 13.6 Å². The molecule has 5 rings (SSSR count). The van der Waals surface area contributed by atoms with Crippen LogP contribution in [-0.4, -0.2) is 80.5 Å². The number of imidazole rings is 1. The average molecular weight is 625 g/mol. The topological polar surface area (TPSA) is 91.2 Å². The third-order valence-corrected chi connectivity index (χ3v) is 8.94. The van der Waals surface area contributed by atoms with E-state index in [-0.39, 0.29) is 22.9 Å². The number of H-pyrrole nitrogens is 1. The van der Waals surface area contributed by atoms with Crippen LogP contribution in [0, 0.1) is 11.6 Å². The molecule has 5 aromatic rings. The Labute approximate surface area is 225 Å². The van der Waals surface area contributed by atoms with Crippen molar-refractivity contribution < 1.29 is 13.6 Å². The van der Waals surface area contributed by atoms with E-state index >= 15 is 0 Å². The fourth-order valence-electron chi connectivity index (χ4n) is 4.07. The number of rotatable bonds is 7. The third-order valence-electron chi connectivity index (χ3n) is 5.96. The molecule has 0 unspecified atom stereocenters. The quantitative estimate of drug-likeness (QED) is 0.268. The normalized spacial score (nSPS) is 11.5. The number of amides is 1. The molecule has 3 heterocycles. The molecule has 0 saturated carbocycles. The number of aromatic amines is 1. The van der Waals surface area contributed by atoms with Crippen LogP contribution in [0.4, 0.5) is 20.4 Å². The van der Waals surface area contributed by atoms with Crippen molar-refractivity contribution in [1.82, 2.24) is 29.5 Å². The van der Waals surface area contributed by atoms with Gasteiger partial charge in [-0.25, -0.2) is 8.78 Å². The van der Waals surface area contributed by atoms with E-state index < -0.39 is 26.3 Å². The fourth-order valence-corrected chi connectivity index (χ4v) is 6.09. The molecule has 2 N–H and O–H groups in total. The Morgan fingerprint density at radius 2 is 1.97 bits per heavy atom. The Morgan fingerprint density at radius 1 is 1.22 bits per heavy atom. The van der Waals surface area contributed by atoms with Crippen LogP contribution in [0.25, 0.3) is 27.7 Å². The molecule has 0 aliphatic rings. The van der Waals surface area contributed by atoms with Crippen LogP contribution in [0.2, 0.25) is 16.6 Å². The van der Waals surface area contributed by atoms with Crippen LogP contribution in [0.3, 0.4) is 0 Å². The summed E-state index contributed by atoms with van der Waals surface area (Å²) in [5, 5.41) is 8.45. The van der Waals surface area contributed by atoms with Crippen molar-refractivity contribution in [3.05, 3.63) is 66.1 Å². The van der Waals surface area contributed by atoms with Gasteiger partial charge in [-0.2, -0.15) is 0 Å². The zero-order chi connectivity index (χ0) is 26.3. The van der Waals surface area contributed by atoms with Crippen molar-refractivity contribution >= 4 is 70.1 Å². The van der Waals surface area contributed by atoms with Crippen LogP contribution >= 0.6 is 0 Å². The number of fused-ring (bicyclic) bond motifs is 2. The van der Waals surface area contributed by atoms with E-state index in [0.29, 0.717) is 22.3 Å². The summed E-state index contributed by atoms with van der Waals surface area (Å²) in [6.45, 7) is 0.711. The first-order chi connectivity index (χ1) is 17.7. The molecule has 0 aliphatic heterocycles. The molecule has 8 nitrogen and oxygen atoms in total. The maximum absolute atomic E-state index is 14.0. The zero-order valence-electron chi connectivity index (χ0n) is 20.3. The van der Waals surface area contributed by atoms with Crippen molar-refractivity contribution in [2.45, 2.75) is 16.6 Å². The first kappa shape index (κ1) is 25.4. The molecule has 37 heavy (non-hydrogen) atoms. The minimum absolute atomic E-state index is 0.0574. The van der Waals surface area contributed by atoms with Crippen molar-refractivity contribution in [3.63, 3.8) is 0 Å². The Hall–Kier alpha value is -3.22. The second-order valence-electron chi connectivity index (χ2n) is 8.90.